The molecule has 0 spiro atoms. The Morgan fingerprint density at radius 2 is 1.89 bits per heavy atom. The highest BCUT2D eigenvalue weighted by molar-refractivity contribution is 5.90. The van der Waals surface area contributed by atoms with Crippen LogP contribution in [0.15, 0.2) is 60.8 Å². The molecule has 2 aromatic carbocycles. The molecule has 3 unspecified atom stereocenters. The van der Waals surface area contributed by atoms with E-state index < -0.39 is 30.1 Å². The minimum atomic E-state index is -1.31. The molecule has 9 heteroatoms. The monoisotopic (exact) mass is 505 g/mol. The highest BCUT2D eigenvalue weighted by atomic mass is 19.1. The Labute approximate surface area is 214 Å². The third kappa shape index (κ3) is 5.76. The van der Waals surface area contributed by atoms with Crippen LogP contribution in [-0.2, 0) is 9.59 Å². The number of carbonyl (C=O) groups excluding carboxylic acids is 2. The van der Waals surface area contributed by atoms with Crippen LogP contribution < -0.4 is 10.6 Å². The molecule has 1 aliphatic carbocycles. The molecule has 0 radical (unpaired) electrons. The number of benzene rings is 2. The van der Waals surface area contributed by atoms with Crippen molar-refractivity contribution in [3.8, 4) is 0 Å². The van der Waals surface area contributed by atoms with Crippen LogP contribution in [0.2, 0.25) is 0 Å². The summed E-state index contributed by atoms with van der Waals surface area (Å²) in [6.45, 7) is 1.43. The van der Waals surface area contributed by atoms with Crippen molar-refractivity contribution in [3.05, 3.63) is 89.1 Å². The predicted molar refractivity (Wildman–Crippen MR) is 135 cm³/mol. The summed E-state index contributed by atoms with van der Waals surface area (Å²) in [6, 6.07) is 14.3. The van der Waals surface area contributed by atoms with Crippen LogP contribution in [0.1, 0.15) is 53.7 Å². The van der Waals surface area contributed by atoms with Gasteiger partial charge in [-0.25, -0.2) is 18.7 Å². The van der Waals surface area contributed by atoms with Crippen molar-refractivity contribution in [1.82, 2.24) is 20.2 Å². The SMILES string of the molecule is Cc1nccc(NCC(=O)N2CC(F)CC2C(=O)NC(c2ccccc2)c2ccc(C3CC3)c(F)c2)n1. The molecular formula is C28H29F2N5O2. The third-order valence-electron chi connectivity index (χ3n) is 6.86. The number of alkyl halides is 1. The number of hydrogen-bond acceptors (Lipinski definition) is 5. The Kier molecular flexibility index (Phi) is 7.12. The summed E-state index contributed by atoms with van der Waals surface area (Å²) < 4.78 is 29.4. The van der Waals surface area contributed by atoms with Gasteiger partial charge in [0.25, 0.3) is 0 Å². The van der Waals surface area contributed by atoms with Gasteiger partial charge in [-0.05, 0) is 54.5 Å². The van der Waals surface area contributed by atoms with E-state index in [1.54, 1.807) is 25.3 Å². The lowest BCUT2D eigenvalue weighted by Crippen LogP contribution is -2.48. The first-order valence-corrected chi connectivity index (χ1v) is 12.5. The molecule has 2 heterocycles. The van der Waals surface area contributed by atoms with Gasteiger partial charge in [0, 0.05) is 12.6 Å². The molecule has 1 aliphatic heterocycles. The summed E-state index contributed by atoms with van der Waals surface area (Å²) >= 11 is 0. The highest BCUT2D eigenvalue weighted by Crippen LogP contribution is 2.42. The second-order valence-corrected chi connectivity index (χ2v) is 9.65. The van der Waals surface area contributed by atoms with Gasteiger partial charge < -0.3 is 15.5 Å². The lowest BCUT2D eigenvalue weighted by Gasteiger charge is -2.27. The van der Waals surface area contributed by atoms with Crippen molar-refractivity contribution in [3.63, 3.8) is 0 Å². The first-order chi connectivity index (χ1) is 17.9. The van der Waals surface area contributed by atoms with E-state index in [1.165, 1.54) is 11.0 Å². The van der Waals surface area contributed by atoms with Crippen LogP contribution in [0.4, 0.5) is 14.6 Å². The Morgan fingerprint density at radius 1 is 1.11 bits per heavy atom. The number of aryl methyl sites for hydroxylation is 1. The van der Waals surface area contributed by atoms with E-state index in [0.29, 0.717) is 22.8 Å². The number of carbonyl (C=O) groups is 2. The maximum atomic E-state index is 14.9. The first-order valence-electron chi connectivity index (χ1n) is 12.5. The fourth-order valence-corrected chi connectivity index (χ4v) is 4.82. The van der Waals surface area contributed by atoms with E-state index in [9.17, 15) is 18.4 Å². The van der Waals surface area contributed by atoms with Crippen LogP contribution in [0.3, 0.4) is 0 Å². The Balaban J connectivity index is 1.33. The molecule has 37 heavy (non-hydrogen) atoms. The van der Waals surface area contributed by atoms with Gasteiger partial charge in [-0.2, -0.15) is 0 Å². The van der Waals surface area contributed by atoms with Crippen LogP contribution in [0, 0.1) is 12.7 Å². The van der Waals surface area contributed by atoms with Gasteiger partial charge in [0.05, 0.1) is 19.1 Å². The molecule has 7 nitrogen and oxygen atoms in total. The summed E-state index contributed by atoms with van der Waals surface area (Å²) in [5.41, 5.74) is 2.05. The van der Waals surface area contributed by atoms with E-state index in [4.69, 9.17) is 0 Å². The predicted octanol–water partition coefficient (Wildman–Crippen LogP) is 4.06. The number of anilines is 1. The second kappa shape index (κ2) is 10.6. The molecule has 1 saturated carbocycles. The van der Waals surface area contributed by atoms with Gasteiger partial charge in [0.1, 0.15) is 29.7 Å². The summed E-state index contributed by atoms with van der Waals surface area (Å²) in [6.07, 6.45) is 2.13. The smallest absolute Gasteiger partial charge is 0.243 e. The summed E-state index contributed by atoms with van der Waals surface area (Å²) in [4.78, 5) is 35.9. The average molecular weight is 506 g/mol. The lowest BCUT2D eigenvalue weighted by molar-refractivity contribution is -0.137. The van der Waals surface area contributed by atoms with E-state index in [-0.39, 0.29) is 31.2 Å². The number of hydrogen-bond donors (Lipinski definition) is 2. The number of halogens is 2. The number of nitrogens with one attached hydrogen (secondary N) is 2. The summed E-state index contributed by atoms with van der Waals surface area (Å²) in [5.74, 6) is 0.104. The number of amides is 2. The minimum Gasteiger partial charge on any atom is -0.361 e. The molecule has 3 atom stereocenters. The minimum absolute atomic E-state index is 0.0966. The summed E-state index contributed by atoms with van der Waals surface area (Å²) in [5, 5.41) is 5.88. The number of nitrogens with zero attached hydrogens (tertiary/aromatic N) is 3. The van der Waals surface area contributed by atoms with Gasteiger partial charge in [0.15, 0.2) is 0 Å². The average Bonchev–Trinajstić information content (AvgIpc) is 3.66. The zero-order valence-corrected chi connectivity index (χ0v) is 20.5. The van der Waals surface area contributed by atoms with Crippen LogP contribution in [-0.4, -0.2) is 52.0 Å². The number of likely N-dealkylation sites (tertiary alicyclic amines) is 1. The standard InChI is InChI=1S/C28H29F2N5O2/c1-17-31-12-11-25(33-17)32-15-26(36)35-16-21(29)14-24(35)28(37)34-27(19-5-3-2-4-6-19)20-9-10-22(18-7-8-18)23(30)13-20/h2-6,9-13,18,21,24,27H,7-8,14-16H2,1H3,(H,34,37)(H,31,32,33). The Hall–Kier alpha value is -3.88. The first kappa shape index (κ1) is 24.8. The van der Waals surface area contributed by atoms with E-state index >= 15 is 0 Å². The van der Waals surface area contributed by atoms with Crippen LogP contribution in [0.25, 0.3) is 0 Å². The van der Waals surface area contributed by atoms with Crippen molar-refractivity contribution in [2.24, 2.45) is 0 Å². The molecule has 2 fully saturated rings. The second-order valence-electron chi connectivity index (χ2n) is 9.65. The molecule has 192 valence electrons. The zero-order chi connectivity index (χ0) is 25.9. The molecule has 2 N–H and O–H groups in total. The van der Waals surface area contributed by atoms with E-state index in [1.807, 2.05) is 36.4 Å². The number of rotatable bonds is 8. The highest BCUT2D eigenvalue weighted by Gasteiger charge is 2.40. The fraction of sp³-hybridized carbons (Fsp3) is 0.357. The topological polar surface area (TPSA) is 87.2 Å². The zero-order valence-electron chi connectivity index (χ0n) is 20.5. The lowest BCUT2D eigenvalue weighted by atomic mass is 9.96. The molecule has 2 amide bonds. The van der Waals surface area contributed by atoms with Gasteiger partial charge in [-0.3, -0.25) is 9.59 Å². The normalized spacial score (nSPS) is 19.9. The van der Waals surface area contributed by atoms with Crippen LogP contribution in [0.5, 0.6) is 0 Å². The van der Waals surface area contributed by atoms with Gasteiger partial charge in [-0.15, -0.1) is 0 Å². The Bertz CT molecular complexity index is 1280. The van der Waals surface area contributed by atoms with E-state index in [0.717, 1.165) is 18.4 Å². The van der Waals surface area contributed by atoms with Crippen molar-refractivity contribution < 1.29 is 18.4 Å². The molecule has 3 aromatic rings. The van der Waals surface area contributed by atoms with Crippen molar-refractivity contribution in [2.75, 3.05) is 18.4 Å². The molecule has 1 aromatic heterocycles. The van der Waals surface area contributed by atoms with Crippen LogP contribution >= 0.6 is 0 Å². The fourth-order valence-electron chi connectivity index (χ4n) is 4.82. The van der Waals surface area contributed by atoms with Gasteiger partial charge in [-0.1, -0.05) is 42.5 Å². The van der Waals surface area contributed by atoms with E-state index in [2.05, 4.69) is 20.6 Å². The molecule has 2 aliphatic rings. The quantitative estimate of drug-likeness (QED) is 0.482. The largest absolute Gasteiger partial charge is 0.361 e. The molecule has 5 rings (SSSR count). The van der Waals surface area contributed by atoms with Gasteiger partial charge >= 0.3 is 0 Å². The van der Waals surface area contributed by atoms with Crippen molar-refractivity contribution in [1.29, 1.82) is 0 Å². The van der Waals surface area contributed by atoms with Crippen molar-refractivity contribution in [2.45, 2.75) is 50.4 Å². The summed E-state index contributed by atoms with van der Waals surface area (Å²) in [7, 11) is 0. The third-order valence-corrected chi connectivity index (χ3v) is 6.86. The van der Waals surface area contributed by atoms with Crippen molar-refractivity contribution >= 4 is 17.6 Å². The maximum Gasteiger partial charge on any atom is 0.243 e. The molecule has 0 bridgehead atoms. The van der Waals surface area contributed by atoms with Gasteiger partial charge in [0.2, 0.25) is 11.8 Å². The Morgan fingerprint density at radius 3 is 2.59 bits per heavy atom. The molecular weight excluding hydrogens is 476 g/mol. The maximum absolute atomic E-state index is 14.9. The molecule has 1 saturated heterocycles. The number of aromatic nitrogens is 2.